The van der Waals surface area contributed by atoms with Crippen LogP contribution in [0.1, 0.15) is 20.8 Å². The van der Waals surface area contributed by atoms with Gasteiger partial charge in [-0.2, -0.15) is 8.78 Å². The zero-order valence-electron chi connectivity index (χ0n) is 13.4. The summed E-state index contributed by atoms with van der Waals surface area (Å²) in [6.07, 6.45) is -0.765. The minimum absolute atomic E-state index is 0.100. The fourth-order valence-electron chi connectivity index (χ4n) is 1.93. The first-order chi connectivity index (χ1) is 11.1. The van der Waals surface area contributed by atoms with Crippen LogP contribution in [0.3, 0.4) is 0 Å². The molecule has 24 heavy (non-hydrogen) atoms. The summed E-state index contributed by atoms with van der Waals surface area (Å²) in [5, 5.41) is 4.94. The van der Waals surface area contributed by atoms with Crippen LogP contribution in [0.2, 0.25) is 0 Å². The van der Waals surface area contributed by atoms with E-state index in [4.69, 9.17) is 9.47 Å². The highest BCUT2D eigenvalue weighted by Crippen LogP contribution is 2.32. The number of alkyl carbamates (subject to hydrolysis) is 1. The molecule has 0 fully saturated rings. The highest BCUT2D eigenvalue weighted by atomic mass is 19.3. The molecule has 2 N–H and O–H groups in total. The number of ether oxygens (including phenoxy) is 3. The smallest absolute Gasteiger partial charge is 0.408 e. The molecule has 1 heterocycles. The van der Waals surface area contributed by atoms with Gasteiger partial charge in [0.25, 0.3) is 5.91 Å². The van der Waals surface area contributed by atoms with Gasteiger partial charge in [-0.1, -0.05) is 0 Å². The van der Waals surface area contributed by atoms with Crippen LogP contribution in [-0.2, 0) is 9.53 Å². The fraction of sp³-hybridized carbons (Fsp3) is 0.467. The molecule has 0 spiro atoms. The van der Waals surface area contributed by atoms with Crippen LogP contribution < -0.4 is 20.1 Å². The maximum absolute atomic E-state index is 12.2. The van der Waals surface area contributed by atoms with Gasteiger partial charge in [0.05, 0.1) is 5.69 Å². The highest BCUT2D eigenvalue weighted by molar-refractivity contribution is 5.98. The molecule has 1 aliphatic heterocycles. The number of alkyl halides is 2. The van der Waals surface area contributed by atoms with Crippen LogP contribution >= 0.6 is 0 Å². The molecule has 1 atom stereocenters. The van der Waals surface area contributed by atoms with E-state index in [9.17, 15) is 18.4 Å². The molecule has 132 valence electrons. The Morgan fingerprint density at radius 2 is 2.12 bits per heavy atom. The Hall–Kier alpha value is -2.58. The van der Waals surface area contributed by atoms with Crippen molar-refractivity contribution in [2.45, 2.75) is 39.0 Å². The molecule has 9 heteroatoms. The van der Waals surface area contributed by atoms with E-state index in [-0.39, 0.29) is 23.8 Å². The second-order valence-corrected chi connectivity index (χ2v) is 6.04. The summed E-state index contributed by atoms with van der Waals surface area (Å²) in [5.74, 6) is -0.450. The summed E-state index contributed by atoms with van der Waals surface area (Å²) >= 11 is 0. The maximum atomic E-state index is 12.2. The van der Waals surface area contributed by atoms with Crippen LogP contribution in [0.5, 0.6) is 11.5 Å². The number of benzene rings is 1. The summed E-state index contributed by atoms with van der Waals surface area (Å²) in [6.45, 7) is 1.92. The molecule has 0 saturated carbocycles. The van der Waals surface area contributed by atoms with Gasteiger partial charge in [-0.3, -0.25) is 4.79 Å². The molecule has 0 aromatic heterocycles. The van der Waals surface area contributed by atoms with E-state index in [1.807, 2.05) is 0 Å². The van der Waals surface area contributed by atoms with Crippen molar-refractivity contribution in [1.29, 1.82) is 0 Å². The standard InChI is InChI=1S/C15H18F2N2O5/c1-15(2,3)24-14(21)19-10-7-22-11-6-8(23-13(16)17)4-5-9(11)18-12(10)20/h4-6,10,13H,7H2,1-3H3,(H,18,20)(H,19,21)/t10-/m0/s1. The van der Waals surface area contributed by atoms with Gasteiger partial charge in [-0.05, 0) is 32.9 Å². The van der Waals surface area contributed by atoms with Gasteiger partial charge >= 0.3 is 12.7 Å². The quantitative estimate of drug-likeness (QED) is 0.880. The average molecular weight is 344 g/mol. The summed E-state index contributed by atoms with van der Waals surface area (Å²) < 4.78 is 39.2. The second-order valence-electron chi connectivity index (χ2n) is 6.04. The normalized spacial score (nSPS) is 17.2. The first-order valence-corrected chi connectivity index (χ1v) is 7.16. The molecule has 7 nitrogen and oxygen atoms in total. The lowest BCUT2D eigenvalue weighted by atomic mass is 10.2. The topological polar surface area (TPSA) is 85.9 Å². The SMILES string of the molecule is CC(C)(C)OC(=O)N[C@H]1COc2cc(OC(F)F)ccc2NC1=O. The number of hydrogen-bond donors (Lipinski definition) is 2. The molecule has 0 aliphatic carbocycles. The van der Waals surface area contributed by atoms with Gasteiger partial charge in [0.1, 0.15) is 29.7 Å². The Labute approximate surface area is 137 Å². The third kappa shape index (κ3) is 4.97. The molecule has 0 unspecified atom stereocenters. The number of carbonyl (C=O) groups is 2. The Morgan fingerprint density at radius 3 is 2.75 bits per heavy atom. The fourth-order valence-corrected chi connectivity index (χ4v) is 1.93. The second kappa shape index (κ2) is 6.90. The van der Waals surface area contributed by atoms with E-state index in [0.717, 1.165) is 0 Å². The number of hydrogen-bond acceptors (Lipinski definition) is 5. The highest BCUT2D eigenvalue weighted by Gasteiger charge is 2.28. The summed E-state index contributed by atoms with van der Waals surface area (Å²) in [5.41, 5.74) is -0.425. The maximum Gasteiger partial charge on any atom is 0.408 e. The lowest BCUT2D eigenvalue weighted by Gasteiger charge is -2.22. The van der Waals surface area contributed by atoms with Crippen molar-refractivity contribution < 1.29 is 32.6 Å². The van der Waals surface area contributed by atoms with Gasteiger partial charge in [-0.25, -0.2) is 4.79 Å². The molecule has 0 bridgehead atoms. The molecule has 2 amide bonds. The number of amides is 2. The van der Waals surface area contributed by atoms with Crippen LogP contribution in [0, 0.1) is 0 Å². The summed E-state index contributed by atoms with van der Waals surface area (Å²) in [7, 11) is 0. The number of nitrogens with one attached hydrogen (secondary N) is 2. The first kappa shape index (κ1) is 17.8. The Kier molecular flexibility index (Phi) is 5.10. The molecule has 0 saturated heterocycles. The minimum atomic E-state index is -2.97. The van der Waals surface area contributed by atoms with Crippen LogP contribution in [0.25, 0.3) is 0 Å². The van der Waals surface area contributed by atoms with E-state index in [1.165, 1.54) is 18.2 Å². The largest absolute Gasteiger partial charge is 0.489 e. The van der Waals surface area contributed by atoms with E-state index >= 15 is 0 Å². The lowest BCUT2D eigenvalue weighted by Crippen LogP contribution is -2.48. The van der Waals surface area contributed by atoms with Crippen LogP contribution in [0.4, 0.5) is 19.3 Å². The molecule has 1 aliphatic rings. The first-order valence-electron chi connectivity index (χ1n) is 7.16. The lowest BCUT2D eigenvalue weighted by molar-refractivity contribution is -0.118. The third-order valence-corrected chi connectivity index (χ3v) is 2.85. The summed E-state index contributed by atoms with van der Waals surface area (Å²) in [6, 6.07) is 2.89. The van der Waals surface area contributed by atoms with Crippen molar-refractivity contribution in [3.05, 3.63) is 18.2 Å². The van der Waals surface area contributed by atoms with Crippen molar-refractivity contribution in [2.75, 3.05) is 11.9 Å². The number of rotatable bonds is 3. The zero-order chi connectivity index (χ0) is 17.9. The van der Waals surface area contributed by atoms with Crippen LogP contribution in [0.15, 0.2) is 18.2 Å². The molecular formula is C15H18F2N2O5. The number of carbonyl (C=O) groups excluding carboxylic acids is 2. The number of halogens is 2. The summed E-state index contributed by atoms with van der Waals surface area (Å²) in [4.78, 5) is 23.9. The predicted molar refractivity (Wildman–Crippen MR) is 80.4 cm³/mol. The van der Waals surface area contributed by atoms with Crippen molar-refractivity contribution >= 4 is 17.7 Å². The van der Waals surface area contributed by atoms with Gasteiger partial charge in [0, 0.05) is 6.07 Å². The van der Waals surface area contributed by atoms with Gasteiger partial charge in [-0.15, -0.1) is 0 Å². The Balaban J connectivity index is 2.06. The Morgan fingerprint density at radius 1 is 1.42 bits per heavy atom. The number of anilines is 1. The van der Waals surface area contributed by atoms with Gasteiger partial charge in [0.15, 0.2) is 0 Å². The van der Waals surface area contributed by atoms with Crippen molar-refractivity contribution in [2.24, 2.45) is 0 Å². The molecule has 0 radical (unpaired) electrons. The van der Waals surface area contributed by atoms with Crippen molar-refractivity contribution in [1.82, 2.24) is 5.32 Å². The zero-order valence-corrected chi connectivity index (χ0v) is 13.4. The van der Waals surface area contributed by atoms with E-state index in [1.54, 1.807) is 20.8 Å². The predicted octanol–water partition coefficient (Wildman–Crippen LogP) is 2.51. The third-order valence-electron chi connectivity index (χ3n) is 2.85. The minimum Gasteiger partial charge on any atom is -0.489 e. The number of fused-ring (bicyclic) bond motifs is 1. The van der Waals surface area contributed by atoms with Crippen LogP contribution in [-0.4, -0.2) is 36.9 Å². The average Bonchev–Trinajstić information content (AvgIpc) is 2.56. The monoisotopic (exact) mass is 344 g/mol. The van der Waals surface area contributed by atoms with Gasteiger partial charge < -0.3 is 24.8 Å². The Bertz CT molecular complexity index is 631. The molecule has 1 aromatic rings. The molecule has 1 aromatic carbocycles. The van der Waals surface area contributed by atoms with Crippen molar-refractivity contribution in [3.63, 3.8) is 0 Å². The van der Waals surface area contributed by atoms with Crippen molar-refractivity contribution in [3.8, 4) is 11.5 Å². The molecular weight excluding hydrogens is 326 g/mol. The molecule has 2 rings (SSSR count). The van der Waals surface area contributed by atoms with Gasteiger partial charge in [0.2, 0.25) is 0 Å². The van der Waals surface area contributed by atoms with E-state index < -0.39 is 30.3 Å². The van der Waals surface area contributed by atoms with E-state index in [0.29, 0.717) is 0 Å². The van der Waals surface area contributed by atoms with E-state index in [2.05, 4.69) is 15.4 Å².